The van der Waals surface area contributed by atoms with Crippen molar-refractivity contribution in [2.24, 2.45) is 0 Å². The summed E-state index contributed by atoms with van der Waals surface area (Å²) in [6, 6.07) is 0. The Balaban J connectivity index is 2.04. The lowest BCUT2D eigenvalue weighted by atomic mass is 10.5. The highest BCUT2D eigenvalue weighted by Gasteiger charge is 2.14. The molecule has 0 saturated carbocycles. The SMILES string of the molecule is CCN(CC)C(=O)CSc1nnc2n(N)cnn12. The van der Waals surface area contributed by atoms with Gasteiger partial charge < -0.3 is 10.7 Å². The molecule has 0 saturated heterocycles. The molecule has 2 rings (SSSR count). The van der Waals surface area contributed by atoms with Crippen molar-refractivity contribution in [2.45, 2.75) is 19.0 Å². The van der Waals surface area contributed by atoms with Crippen LogP contribution in [0.5, 0.6) is 0 Å². The Morgan fingerprint density at radius 2 is 2.17 bits per heavy atom. The number of carbonyl (C=O) groups is 1. The molecule has 2 aromatic heterocycles. The number of nitrogen functional groups attached to an aromatic ring is 1. The van der Waals surface area contributed by atoms with Gasteiger partial charge in [0.25, 0.3) is 5.78 Å². The number of amides is 1. The maximum absolute atomic E-state index is 11.8. The molecule has 0 aliphatic rings. The van der Waals surface area contributed by atoms with Crippen LogP contribution < -0.4 is 5.84 Å². The summed E-state index contributed by atoms with van der Waals surface area (Å²) < 4.78 is 2.80. The third-order valence-corrected chi connectivity index (χ3v) is 3.46. The summed E-state index contributed by atoms with van der Waals surface area (Å²) in [5, 5.41) is 12.4. The molecule has 0 aromatic carbocycles. The van der Waals surface area contributed by atoms with Crippen molar-refractivity contribution in [3.63, 3.8) is 0 Å². The van der Waals surface area contributed by atoms with Crippen molar-refractivity contribution >= 4 is 23.4 Å². The van der Waals surface area contributed by atoms with Crippen LogP contribution in [0, 0.1) is 0 Å². The van der Waals surface area contributed by atoms with Crippen LogP contribution in [0.15, 0.2) is 11.5 Å². The maximum atomic E-state index is 11.8. The van der Waals surface area contributed by atoms with Gasteiger partial charge in [0.15, 0.2) is 0 Å². The number of carbonyl (C=O) groups excluding carboxylic acids is 1. The Bertz CT molecular complexity index is 544. The average Bonchev–Trinajstić information content (AvgIpc) is 2.92. The summed E-state index contributed by atoms with van der Waals surface area (Å²) in [6.45, 7) is 5.33. The van der Waals surface area contributed by atoms with Crippen LogP contribution >= 0.6 is 11.8 Å². The number of hydrogen-bond donors (Lipinski definition) is 1. The first-order valence-corrected chi connectivity index (χ1v) is 6.60. The Kier molecular flexibility index (Phi) is 3.70. The number of nitrogens with zero attached hydrogens (tertiary/aromatic N) is 6. The highest BCUT2D eigenvalue weighted by atomic mass is 32.2. The van der Waals surface area contributed by atoms with Gasteiger partial charge in [-0.15, -0.1) is 10.2 Å². The molecule has 0 atom stereocenters. The van der Waals surface area contributed by atoms with Crippen LogP contribution in [0.2, 0.25) is 0 Å². The lowest BCUT2D eigenvalue weighted by Crippen LogP contribution is -2.31. The first-order valence-electron chi connectivity index (χ1n) is 5.61. The molecule has 2 heterocycles. The minimum Gasteiger partial charge on any atom is -0.343 e. The fraction of sp³-hybridized carbons (Fsp3) is 0.556. The van der Waals surface area contributed by atoms with E-state index in [0.717, 1.165) is 0 Å². The molecule has 98 valence electrons. The monoisotopic (exact) mass is 269 g/mol. The van der Waals surface area contributed by atoms with E-state index in [1.807, 2.05) is 13.8 Å². The number of nitrogens with two attached hydrogens (primary N) is 1. The molecule has 18 heavy (non-hydrogen) atoms. The van der Waals surface area contributed by atoms with E-state index in [1.54, 1.807) is 4.90 Å². The molecule has 2 aromatic rings. The number of aromatic nitrogens is 5. The standard InChI is InChI=1S/C9H15N7OS/c1-3-14(4-2)7(17)5-18-9-13-12-8-15(10)6-11-16(8)9/h6H,3-5,10H2,1-2H3. The van der Waals surface area contributed by atoms with E-state index in [4.69, 9.17) is 5.84 Å². The molecule has 2 N–H and O–H groups in total. The van der Waals surface area contributed by atoms with Crippen molar-refractivity contribution in [2.75, 3.05) is 24.7 Å². The minimum absolute atomic E-state index is 0.0777. The second kappa shape index (κ2) is 5.25. The average molecular weight is 269 g/mol. The smallest absolute Gasteiger partial charge is 0.273 e. The molecule has 0 aliphatic carbocycles. The summed E-state index contributed by atoms with van der Waals surface area (Å²) in [7, 11) is 0. The van der Waals surface area contributed by atoms with Gasteiger partial charge in [-0.25, -0.2) is 4.68 Å². The zero-order valence-electron chi connectivity index (χ0n) is 10.3. The van der Waals surface area contributed by atoms with Gasteiger partial charge >= 0.3 is 0 Å². The van der Waals surface area contributed by atoms with Crippen molar-refractivity contribution in [3.05, 3.63) is 6.33 Å². The number of fused-ring (bicyclic) bond motifs is 1. The molecule has 0 radical (unpaired) electrons. The van der Waals surface area contributed by atoms with Crippen LogP contribution in [-0.4, -0.2) is 54.1 Å². The molecule has 8 nitrogen and oxygen atoms in total. The molecule has 0 spiro atoms. The zero-order valence-corrected chi connectivity index (χ0v) is 11.1. The van der Waals surface area contributed by atoms with E-state index in [9.17, 15) is 4.79 Å². The molecule has 1 amide bonds. The largest absolute Gasteiger partial charge is 0.343 e. The summed E-state index contributed by atoms with van der Waals surface area (Å²) in [6.07, 6.45) is 1.44. The maximum Gasteiger partial charge on any atom is 0.273 e. The third-order valence-electron chi connectivity index (χ3n) is 2.56. The van der Waals surface area contributed by atoms with E-state index < -0.39 is 0 Å². The van der Waals surface area contributed by atoms with Gasteiger partial charge in [0.2, 0.25) is 11.1 Å². The van der Waals surface area contributed by atoms with Gasteiger partial charge in [0.1, 0.15) is 6.33 Å². The third kappa shape index (κ3) is 2.26. The van der Waals surface area contributed by atoms with Gasteiger partial charge in [-0.2, -0.15) is 9.61 Å². The van der Waals surface area contributed by atoms with Crippen molar-refractivity contribution in [3.8, 4) is 0 Å². The highest BCUT2D eigenvalue weighted by molar-refractivity contribution is 7.99. The lowest BCUT2D eigenvalue weighted by Gasteiger charge is -2.17. The summed E-state index contributed by atoms with van der Waals surface area (Å²) in [5.74, 6) is 6.43. The Morgan fingerprint density at radius 1 is 1.44 bits per heavy atom. The van der Waals surface area contributed by atoms with E-state index >= 15 is 0 Å². The van der Waals surface area contributed by atoms with Crippen LogP contribution in [0.3, 0.4) is 0 Å². The van der Waals surface area contributed by atoms with Crippen LogP contribution in [-0.2, 0) is 4.79 Å². The van der Waals surface area contributed by atoms with E-state index in [1.165, 1.54) is 27.3 Å². The van der Waals surface area contributed by atoms with Crippen molar-refractivity contribution in [1.29, 1.82) is 0 Å². The molecule has 9 heteroatoms. The molecular weight excluding hydrogens is 254 g/mol. The Hall–Kier alpha value is -1.77. The van der Waals surface area contributed by atoms with Crippen LogP contribution in [0.25, 0.3) is 5.78 Å². The first kappa shape index (κ1) is 12.7. The molecule has 0 aliphatic heterocycles. The van der Waals surface area contributed by atoms with Crippen molar-refractivity contribution in [1.82, 2.24) is 29.4 Å². The number of rotatable bonds is 5. The lowest BCUT2D eigenvalue weighted by molar-refractivity contribution is -0.127. The topological polar surface area (TPSA) is 94.3 Å². The van der Waals surface area contributed by atoms with Gasteiger partial charge in [0.05, 0.1) is 5.75 Å². The van der Waals surface area contributed by atoms with Gasteiger partial charge in [-0.1, -0.05) is 11.8 Å². The number of thioether (sulfide) groups is 1. The van der Waals surface area contributed by atoms with Gasteiger partial charge in [0, 0.05) is 13.1 Å². The predicted octanol–water partition coefficient (Wildman–Crippen LogP) is -0.400. The quantitative estimate of drug-likeness (QED) is 0.586. The van der Waals surface area contributed by atoms with Gasteiger partial charge in [-0.05, 0) is 13.8 Å². The van der Waals surface area contributed by atoms with E-state index in [2.05, 4.69) is 15.3 Å². The molecule has 0 bridgehead atoms. The van der Waals surface area contributed by atoms with E-state index in [0.29, 0.717) is 29.8 Å². The van der Waals surface area contributed by atoms with Crippen molar-refractivity contribution < 1.29 is 4.79 Å². The fourth-order valence-corrected chi connectivity index (χ4v) is 2.35. The summed E-state index contributed by atoms with van der Waals surface area (Å²) in [5.41, 5.74) is 0. The van der Waals surface area contributed by atoms with Crippen LogP contribution in [0.1, 0.15) is 13.8 Å². The summed E-state index contributed by atoms with van der Waals surface area (Å²) in [4.78, 5) is 13.6. The normalized spacial score (nSPS) is 11.0. The Morgan fingerprint density at radius 3 is 2.83 bits per heavy atom. The van der Waals surface area contributed by atoms with E-state index in [-0.39, 0.29) is 5.91 Å². The minimum atomic E-state index is 0.0777. The first-order chi connectivity index (χ1) is 8.67. The molecule has 0 fully saturated rings. The second-order valence-corrected chi connectivity index (χ2v) is 4.53. The van der Waals surface area contributed by atoms with Gasteiger partial charge in [-0.3, -0.25) is 4.79 Å². The summed E-state index contributed by atoms with van der Waals surface area (Å²) >= 11 is 1.30. The fourth-order valence-electron chi connectivity index (χ4n) is 1.56. The highest BCUT2D eigenvalue weighted by Crippen LogP contribution is 2.15. The molecular formula is C9H15N7OS. The predicted molar refractivity (Wildman–Crippen MR) is 67.6 cm³/mol. The second-order valence-electron chi connectivity index (χ2n) is 3.59. The number of hydrogen-bond acceptors (Lipinski definition) is 6. The van der Waals surface area contributed by atoms with Crippen LogP contribution in [0.4, 0.5) is 0 Å². The zero-order chi connectivity index (χ0) is 13.1. The molecule has 0 unspecified atom stereocenters. The Labute approximate surface area is 108 Å².